The number of aromatic nitrogens is 2. The number of piperidine rings is 1. The first-order chi connectivity index (χ1) is 16.2. The van der Waals surface area contributed by atoms with Crippen molar-refractivity contribution in [3.8, 4) is 0 Å². The number of hydrogen-bond donors (Lipinski definition) is 1. The molecule has 2 aliphatic rings. The minimum absolute atomic E-state index is 0.0584. The number of amides is 2. The molecule has 0 saturated carbocycles. The number of urea groups is 1. The number of nitrogens with zero attached hydrogens (tertiary/aromatic N) is 4. The second-order valence-electron chi connectivity index (χ2n) is 9.22. The molecule has 1 unspecified atom stereocenters. The van der Waals surface area contributed by atoms with Crippen molar-refractivity contribution in [3.63, 3.8) is 0 Å². The molecule has 1 fully saturated rings. The maximum Gasteiger partial charge on any atom is 0.318 e. The largest absolute Gasteiger partial charge is 0.338 e. The summed E-state index contributed by atoms with van der Waals surface area (Å²) in [4.78, 5) is 22.7. The highest BCUT2D eigenvalue weighted by atomic mass is 16.2. The van der Waals surface area contributed by atoms with E-state index in [4.69, 9.17) is 0 Å². The van der Waals surface area contributed by atoms with Crippen molar-refractivity contribution in [1.82, 2.24) is 24.7 Å². The molecule has 2 aliphatic heterocycles. The smallest absolute Gasteiger partial charge is 0.318 e. The fourth-order valence-electron chi connectivity index (χ4n) is 5.32. The van der Waals surface area contributed by atoms with E-state index >= 15 is 0 Å². The van der Waals surface area contributed by atoms with Crippen LogP contribution in [0.4, 0.5) is 4.79 Å². The summed E-state index contributed by atoms with van der Waals surface area (Å²) in [5.41, 5.74) is 3.79. The maximum atomic E-state index is 13.6. The highest BCUT2D eigenvalue weighted by Gasteiger charge is 2.36. The standard InChI is InChI=1S/C27H33N5O/c1-30-19-16-28-25(30)20-31-17-13-23(14-18-31)32-26(22-9-3-2-4-10-22)24-12-6-5-8-21(24)11-7-15-29-27(32)33/h2-6,8-10,12,16,19,23,26H,7,11,13-15,17-18,20H2,1H3,(H,29,33). The summed E-state index contributed by atoms with van der Waals surface area (Å²) in [7, 11) is 2.05. The Bertz CT molecular complexity index is 1070. The lowest BCUT2D eigenvalue weighted by Gasteiger charge is -2.43. The highest BCUT2D eigenvalue weighted by molar-refractivity contribution is 5.76. The van der Waals surface area contributed by atoms with Gasteiger partial charge in [0.25, 0.3) is 0 Å². The third-order valence-corrected chi connectivity index (χ3v) is 7.11. The topological polar surface area (TPSA) is 53.4 Å². The van der Waals surface area contributed by atoms with Crippen LogP contribution in [0.3, 0.4) is 0 Å². The van der Waals surface area contributed by atoms with E-state index < -0.39 is 0 Å². The molecular formula is C27H33N5O. The fourth-order valence-corrected chi connectivity index (χ4v) is 5.32. The first-order valence-corrected chi connectivity index (χ1v) is 12.1. The van der Waals surface area contributed by atoms with Crippen molar-refractivity contribution in [2.45, 2.75) is 44.3 Å². The monoisotopic (exact) mass is 443 g/mol. The molecule has 3 heterocycles. The average molecular weight is 444 g/mol. The highest BCUT2D eigenvalue weighted by Crippen LogP contribution is 2.36. The molecule has 33 heavy (non-hydrogen) atoms. The van der Waals surface area contributed by atoms with Crippen molar-refractivity contribution in [2.24, 2.45) is 7.05 Å². The molecule has 1 atom stereocenters. The number of aryl methyl sites for hydroxylation is 2. The minimum Gasteiger partial charge on any atom is -0.338 e. The zero-order chi connectivity index (χ0) is 22.6. The van der Waals surface area contributed by atoms with E-state index in [1.807, 2.05) is 25.5 Å². The molecule has 3 aromatic rings. The summed E-state index contributed by atoms with van der Waals surface area (Å²) >= 11 is 0. The Labute approximate surface area is 196 Å². The van der Waals surface area contributed by atoms with Gasteiger partial charge in [-0.3, -0.25) is 4.90 Å². The second-order valence-corrected chi connectivity index (χ2v) is 9.22. The number of carbonyl (C=O) groups excluding carboxylic acids is 1. The normalized spacial score (nSPS) is 20.5. The predicted molar refractivity (Wildman–Crippen MR) is 130 cm³/mol. The summed E-state index contributed by atoms with van der Waals surface area (Å²) in [6, 6.07) is 19.4. The van der Waals surface area contributed by atoms with Gasteiger partial charge in [-0.25, -0.2) is 9.78 Å². The van der Waals surface area contributed by atoms with E-state index in [1.165, 1.54) is 16.7 Å². The van der Waals surface area contributed by atoms with Crippen LogP contribution in [-0.4, -0.2) is 51.1 Å². The van der Waals surface area contributed by atoms with Gasteiger partial charge in [-0.05, 0) is 42.4 Å². The van der Waals surface area contributed by atoms with Crippen molar-refractivity contribution >= 4 is 6.03 Å². The first kappa shape index (κ1) is 21.7. The van der Waals surface area contributed by atoms with Gasteiger partial charge in [-0.2, -0.15) is 0 Å². The Morgan fingerprint density at radius 2 is 1.79 bits per heavy atom. The van der Waals surface area contributed by atoms with E-state index in [2.05, 4.69) is 73.2 Å². The number of carbonyl (C=O) groups is 1. The summed E-state index contributed by atoms with van der Waals surface area (Å²) in [6.45, 7) is 3.49. The number of imidazole rings is 1. The molecule has 0 radical (unpaired) electrons. The van der Waals surface area contributed by atoms with Crippen LogP contribution in [0.1, 0.15) is 47.8 Å². The van der Waals surface area contributed by atoms with Gasteiger partial charge in [0.05, 0.1) is 12.6 Å². The van der Waals surface area contributed by atoms with Crippen molar-refractivity contribution in [3.05, 3.63) is 89.5 Å². The number of hydrogen-bond acceptors (Lipinski definition) is 3. The lowest BCUT2D eigenvalue weighted by Crippen LogP contribution is -2.52. The molecule has 1 saturated heterocycles. The van der Waals surface area contributed by atoms with Crippen molar-refractivity contribution in [2.75, 3.05) is 19.6 Å². The Hall–Kier alpha value is -3.12. The van der Waals surface area contributed by atoms with Crippen LogP contribution >= 0.6 is 0 Å². The van der Waals surface area contributed by atoms with Crippen LogP contribution in [0.2, 0.25) is 0 Å². The van der Waals surface area contributed by atoms with Gasteiger partial charge in [0.2, 0.25) is 0 Å². The molecule has 0 spiro atoms. The van der Waals surface area contributed by atoms with Crippen LogP contribution in [0.15, 0.2) is 67.0 Å². The fraction of sp³-hybridized carbons (Fsp3) is 0.407. The Morgan fingerprint density at radius 1 is 1.03 bits per heavy atom. The molecule has 0 bridgehead atoms. The summed E-state index contributed by atoms with van der Waals surface area (Å²) in [6.07, 6.45) is 7.72. The number of benzene rings is 2. The third-order valence-electron chi connectivity index (χ3n) is 7.11. The number of likely N-dealkylation sites (tertiary alicyclic amines) is 1. The maximum absolute atomic E-state index is 13.6. The molecule has 6 nitrogen and oxygen atoms in total. The van der Waals surface area contributed by atoms with Crippen LogP contribution in [0.25, 0.3) is 0 Å². The number of nitrogens with one attached hydrogen (secondary N) is 1. The zero-order valence-corrected chi connectivity index (χ0v) is 19.4. The third kappa shape index (κ3) is 4.67. The van der Waals surface area contributed by atoms with Gasteiger partial charge >= 0.3 is 6.03 Å². The summed E-state index contributed by atoms with van der Waals surface area (Å²) in [5, 5.41) is 3.22. The quantitative estimate of drug-likeness (QED) is 0.660. The van der Waals surface area contributed by atoms with Gasteiger partial charge in [0.1, 0.15) is 5.82 Å². The van der Waals surface area contributed by atoms with Crippen molar-refractivity contribution in [1.29, 1.82) is 0 Å². The molecule has 6 heteroatoms. The molecule has 5 rings (SSSR count). The number of rotatable bonds is 4. The van der Waals surface area contributed by atoms with E-state index in [9.17, 15) is 4.79 Å². The summed E-state index contributed by atoms with van der Waals surface area (Å²) in [5.74, 6) is 1.09. The van der Waals surface area contributed by atoms with E-state index in [0.717, 1.165) is 51.1 Å². The second kappa shape index (κ2) is 9.79. The van der Waals surface area contributed by atoms with Gasteiger partial charge in [0, 0.05) is 45.1 Å². The van der Waals surface area contributed by atoms with Gasteiger partial charge in [-0.1, -0.05) is 54.6 Å². The minimum atomic E-state index is -0.0772. The van der Waals surface area contributed by atoms with Crippen molar-refractivity contribution < 1.29 is 4.79 Å². The molecular weight excluding hydrogens is 410 g/mol. The van der Waals surface area contributed by atoms with Gasteiger partial charge in [0.15, 0.2) is 0 Å². The van der Waals surface area contributed by atoms with Gasteiger partial charge in [-0.15, -0.1) is 0 Å². The molecule has 1 aromatic heterocycles. The lowest BCUT2D eigenvalue weighted by atomic mass is 9.89. The molecule has 2 amide bonds. The Morgan fingerprint density at radius 3 is 2.55 bits per heavy atom. The Kier molecular flexibility index (Phi) is 6.44. The van der Waals surface area contributed by atoms with E-state index in [1.54, 1.807) is 0 Å². The summed E-state index contributed by atoms with van der Waals surface area (Å²) < 4.78 is 2.09. The van der Waals surface area contributed by atoms with Crippen LogP contribution < -0.4 is 5.32 Å². The molecule has 172 valence electrons. The molecule has 0 aliphatic carbocycles. The van der Waals surface area contributed by atoms with E-state index in [-0.39, 0.29) is 18.1 Å². The average Bonchev–Trinajstić information content (AvgIpc) is 3.28. The van der Waals surface area contributed by atoms with Crippen LogP contribution in [-0.2, 0) is 20.0 Å². The SMILES string of the molecule is Cn1ccnc1CN1CCC(N2C(=O)NCCCc3ccccc3C2c2ccccc2)CC1. The zero-order valence-electron chi connectivity index (χ0n) is 19.4. The van der Waals surface area contributed by atoms with Gasteiger partial charge < -0.3 is 14.8 Å². The predicted octanol–water partition coefficient (Wildman–Crippen LogP) is 4.13. The number of fused-ring (bicyclic) bond motifs is 1. The molecule has 2 aromatic carbocycles. The van der Waals surface area contributed by atoms with Crippen LogP contribution in [0, 0.1) is 0 Å². The Balaban J connectivity index is 1.45. The molecule has 1 N–H and O–H groups in total. The lowest BCUT2D eigenvalue weighted by molar-refractivity contribution is 0.0998. The van der Waals surface area contributed by atoms with E-state index in [0.29, 0.717) is 6.54 Å². The van der Waals surface area contributed by atoms with Crippen LogP contribution in [0.5, 0.6) is 0 Å². The first-order valence-electron chi connectivity index (χ1n) is 12.1.